The van der Waals surface area contributed by atoms with E-state index in [1.165, 1.54) is 0 Å². The van der Waals surface area contributed by atoms with E-state index in [2.05, 4.69) is 31.9 Å². The van der Waals surface area contributed by atoms with Crippen LogP contribution in [0.1, 0.15) is 46.1 Å². The van der Waals surface area contributed by atoms with Crippen LogP contribution in [-0.2, 0) is 15.8 Å². The van der Waals surface area contributed by atoms with E-state index in [0.717, 1.165) is 11.6 Å². The normalized spacial score (nSPS) is 13.1. The van der Waals surface area contributed by atoms with Gasteiger partial charge in [-0.25, -0.2) is 0 Å². The zero-order valence-corrected chi connectivity index (χ0v) is 21.0. The van der Waals surface area contributed by atoms with Crippen molar-refractivity contribution in [3.05, 3.63) is 43.6 Å². The maximum Gasteiger partial charge on any atom is 0.419 e. The van der Waals surface area contributed by atoms with E-state index in [9.17, 15) is 27.9 Å². The van der Waals surface area contributed by atoms with Gasteiger partial charge in [-0.1, -0.05) is 20.8 Å². The van der Waals surface area contributed by atoms with Crippen molar-refractivity contribution in [2.75, 3.05) is 11.9 Å². The molecule has 1 aromatic carbocycles. The van der Waals surface area contributed by atoms with Crippen LogP contribution in [0, 0.1) is 5.92 Å². The second-order valence-electron chi connectivity index (χ2n) is 7.12. The summed E-state index contributed by atoms with van der Waals surface area (Å²) in [5.41, 5.74) is -0.462. The van der Waals surface area contributed by atoms with Gasteiger partial charge in [0, 0.05) is 0 Å². The number of amides is 1. The smallest absolute Gasteiger partial charge is 0.419 e. The number of carboxylic acid groups (broad SMARTS) is 1. The topological polar surface area (TPSA) is 95.9 Å². The van der Waals surface area contributed by atoms with Crippen molar-refractivity contribution in [3.63, 3.8) is 0 Å². The van der Waals surface area contributed by atoms with Gasteiger partial charge in [0.05, 0.1) is 20.2 Å². The molecule has 0 unspecified atom stereocenters. The van der Waals surface area contributed by atoms with Crippen LogP contribution in [0.5, 0.6) is 5.75 Å². The molecule has 0 aromatic heterocycles. The molecule has 3 N–H and O–H groups in total. The maximum atomic E-state index is 13.7. The largest absolute Gasteiger partial charge is 0.508 e. The first-order valence-electron chi connectivity index (χ1n) is 9.53. The van der Waals surface area contributed by atoms with Gasteiger partial charge in [-0.15, -0.1) is 0 Å². The quantitative estimate of drug-likeness (QED) is 0.167. The number of halogens is 5. The molecule has 0 heterocycles. The lowest BCUT2D eigenvalue weighted by Gasteiger charge is -2.19. The van der Waals surface area contributed by atoms with Gasteiger partial charge in [0.2, 0.25) is 5.91 Å². The van der Waals surface area contributed by atoms with E-state index in [0.29, 0.717) is 12.0 Å². The van der Waals surface area contributed by atoms with Crippen molar-refractivity contribution in [2.24, 2.45) is 5.92 Å². The number of anilines is 1. The van der Waals surface area contributed by atoms with Crippen LogP contribution in [-0.4, -0.2) is 28.7 Å². The minimum Gasteiger partial charge on any atom is -0.508 e. The Bertz CT molecular complexity index is 940. The number of carbonyl (C=O) groups is 2. The lowest BCUT2D eigenvalue weighted by Crippen LogP contribution is -2.20. The van der Waals surface area contributed by atoms with E-state index in [4.69, 9.17) is 9.84 Å². The number of aliphatic hydroxyl groups is 1. The third kappa shape index (κ3) is 7.54. The van der Waals surface area contributed by atoms with Crippen LogP contribution in [0.2, 0.25) is 0 Å². The molecule has 178 valence electrons. The Morgan fingerprint density at radius 2 is 1.84 bits per heavy atom. The Labute approximate surface area is 200 Å². The van der Waals surface area contributed by atoms with E-state index in [1.807, 2.05) is 26.1 Å². The van der Waals surface area contributed by atoms with Crippen LogP contribution in [0.3, 0.4) is 0 Å². The van der Waals surface area contributed by atoms with E-state index >= 15 is 0 Å². The first-order chi connectivity index (χ1) is 14.7. The van der Waals surface area contributed by atoms with Crippen molar-refractivity contribution >= 4 is 49.4 Å². The first kappa shape index (κ1) is 28.0. The SMILES string of the molecule is CC/C(=C(O)\C(C)=C/COc1c(Br)cc(NC(=O)CC(=O)O)c(C(F)(F)F)c1Br)C(C)C. The molecular formula is C21H24Br2F3NO5. The third-order valence-electron chi connectivity index (χ3n) is 4.42. The number of hydrogen-bond donors (Lipinski definition) is 3. The van der Waals surface area contributed by atoms with Crippen LogP contribution in [0.4, 0.5) is 18.9 Å². The van der Waals surface area contributed by atoms with Crippen molar-refractivity contribution in [1.82, 2.24) is 0 Å². The van der Waals surface area contributed by atoms with Crippen LogP contribution in [0.25, 0.3) is 0 Å². The number of aliphatic carboxylic acids is 1. The van der Waals surface area contributed by atoms with Crippen molar-refractivity contribution in [2.45, 2.75) is 46.7 Å². The zero-order chi connectivity index (χ0) is 24.8. The molecule has 0 aliphatic rings. The number of carboxylic acids is 1. The number of aliphatic hydroxyl groups excluding tert-OH is 1. The molecule has 1 aromatic rings. The predicted octanol–water partition coefficient (Wildman–Crippen LogP) is 6.85. The van der Waals surface area contributed by atoms with Crippen LogP contribution < -0.4 is 10.1 Å². The Kier molecular flexibility index (Phi) is 10.3. The Hall–Kier alpha value is -2.01. The maximum absolute atomic E-state index is 13.7. The fraction of sp³-hybridized carbons (Fsp3) is 0.429. The number of benzene rings is 1. The molecule has 0 fully saturated rings. The van der Waals surface area contributed by atoms with Gasteiger partial charge in [-0.2, -0.15) is 13.2 Å². The first-order valence-corrected chi connectivity index (χ1v) is 11.1. The van der Waals surface area contributed by atoms with Gasteiger partial charge in [0.1, 0.15) is 24.5 Å². The molecule has 32 heavy (non-hydrogen) atoms. The summed E-state index contributed by atoms with van der Waals surface area (Å²) >= 11 is 6.01. The van der Waals surface area contributed by atoms with E-state index in [1.54, 1.807) is 13.0 Å². The molecule has 1 rings (SSSR count). The second-order valence-corrected chi connectivity index (χ2v) is 8.77. The van der Waals surface area contributed by atoms with Gasteiger partial charge in [-0.05, 0) is 74.4 Å². The molecule has 6 nitrogen and oxygen atoms in total. The number of rotatable bonds is 9. The second kappa shape index (κ2) is 11.7. The summed E-state index contributed by atoms with van der Waals surface area (Å²) in [7, 11) is 0. The number of allylic oxidation sites excluding steroid dienone is 2. The summed E-state index contributed by atoms with van der Waals surface area (Å²) in [6, 6.07) is 0.991. The molecule has 11 heteroatoms. The van der Waals surface area contributed by atoms with E-state index in [-0.39, 0.29) is 28.5 Å². The minimum absolute atomic E-state index is 0.102. The van der Waals surface area contributed by atoms with Gasteiger partial charge < -0.3 is 20.3 Å². The molecule has 0 bridgehead atoms. The van der Waals surface area contributed by atoms with Gasteiger partial charge in [-0.3, -0.25) is 9.59 Å². The molecule has 0 aliphatic carbocycles. The summed E-state index contributed by atoms with van der Waals surface area (Å²) in [4.78, 5) is 22.3. The summed E-state index contributed by atoms with van der Waals surface area (Å²) < 4.78 is 46.2. The summed E-state index contributed by atoms with van der Waals surface area (Å²) in [5, 5.41) is 21.0. The standard InChI is InChI=1S/C21H24Br2F3NO5/c1-5-12(10(2)3)19(31)11(4)6-7-32-20-13(22)8-14(27-15(28)9-16(29)30)17(18(20)23)21(24,25)26/h6,8,10,31H,5,7,9H2,1-4H3,(H,27,28)(H,29,30)/b11-6-,19-12-. The number of hydrogen-bond acceptors (Lipinski definition) is 4. The number of nitrogens with one attached hydrogen (secondary N) is 1. The van der Waals surface area contributed by atoms with Crippen molar-refractivity contribution in [1.29, 1.82) is 0 Å². The molecular weight excluding hydrogens is 563 g/mol. The molecule has 0 spiro atoms. The monoisotopic (exact) mass is 585 g/mol. The fourth-order valence-electron chi connectivity index (χ4n) is 2.89. The van der Waals surface area contributed by atoms with Crippen molar-refractivity contribution < 1.29 is 37.7 Å². The third-order valence-corrected chi connectivity index (χ3v) is 5.76. The summed E-state index contributed by atoms with van der Waals surface area (Å²) in [6.07, 6.45) is -3.66. The summed E-state index contributed by atoms with van der Waals surface area (Å²) in [6.45, 7) is 7.34. The molecule has 0 saturated heterocycles. The fourth-order valence-corrected chi connectivity index (χ4v) is 4.46. The molecule has 0 saturated carbocycles. The molecule has 0 atom stereocenters. The highest BCUT2D eigenvalue weighted by Gasteiger charge is 2.38. The lowest BCUT2D eigenvalue weighted by molar-refractivity contribution is -0.139. The van der Waals surface area contributed by atoms with Gasteiger partial charge in [0.15, 0.2) is 0 Å². The molecule has 1 amide bonds. The Morgan fingerprint density at radius 3 is 2.31 bits per heavy atom. The van der Waals surface area contributed by atoms with Crippen LogP contribution in [0.15, 0.2) is 38.0 Å². The Morgan fingerprint density at radius 1 is 1.25 bits per heavy atom. The van der Waals surface area contributed by atoms with Gasteiger partial charge >= 0.3 is 12.1 Å². The lowest BCUT2D eigenvalue weighted by atomic mass is 9.97. The average Bonchev–Trinajstić information content (AvgIpc) is 2.62. The molecule has 0 aliphatic heterocycles. The summed E-state index contributed by atoms with van der Waals surface area (Å²) in [5.74, 6) is -2.49. The van der Waals surface area contributed by atoms with Gasteiger partial charge in [0.25, 0.3) is 0 Å². The highest BCUT2D eigenvalue weighted by Crippen LogP contribution is 2.47. The number of ether oxygens (including phenoxy) is 1. The van der Waals surface area contributed by atoms with Crippen LogP contribution >= 0.6 is 31.9 Å². The highest BCUT2D eigenvalue weighted by molar-refractivity contribution is 9.11. The number of alkyl halides is 3. The molecule has 0 radical (unpaired) electrons. The number of carbonyl (C=O) groups excluding carboxylic acids is 1. The zero-order valence-electron chi connectivity index (χ0n) is 17.9. The van der Waals surface area contributed by atoms with E-state index < -0.39 is 40.2 Å². The van der Waals surface area contributed by atoms with Crippen molar-refractivity contribution in [3.8, 4) is 5.75 Å². The Balaban J connectivity index is 3.28. The predicted molar refractivity (Wildman–Crippen MR) is 122 cm³/mol. The highest BCUT2D eigenvalue weighted by atomic mass is 79.9. The minimum atomic E-state index is -4.87. The average molecular weight is 587 g/mol.